The molecule has 1 unspecified atom stereocenters. The van der Waals surface area contributed by atoms with Crippen molar-refractivity contribution in [1.29, 1.82) is 0 Å². The van der Waals surface area contributed by atoms with Gasteiger partial charge in [-0.3, -0.25) is 9.69 Å². The third-order valence-electron chi connectivity index (χ3n) is 3.84. The number of pyridine rings is 1. The predicted molar refractivity (Wildman–Crippen MR) is 87.8 cm³/mol. The quantitative estimate of drug-likeness (QED) is 0.608. The summed E-state index contributed by atoms with van der Waals surface area (Å²) in [7, 11) is 5.34. The molecule has 1 fully saturated rings. The van der Waals surface area contributed by atoms with Gasteiger partial charge in [-0.1, -0.05) is 17.8 Å². The van der Waals surface area contributed by atoms with Crippen LogP contribution in [0.15, 0.2) is 29.4 Å². The maximum atomic E-state index is 12.5. The van der Waals surface area contributed by atoms with Gasteiger partial charge in [-0.15, -0.1) is 0 Å². The maximum absolute atomic E-state index is 12.5. The minimum atomic E-state index is -0.987. The molecular weight excluding hydrogens is 300 g/mol. The second-order valence-electron chi connectivity index (χ2n) is 5.39. The first-order chi connectivity index (χ1) is 10.6. The molecule has 1 atom stereocenters. The van der Waals surface area contributed by atoms with Crippen LogP contribution in [0.1, 0.15) is 0 Å². The van der Waals surface area contributed by atoms with Crippen LogP contribution in [-0.2, 0) is 9.53 Å². The van der Waals surface area contributed by atoms with Gasteiger partial charge in [0, 0.05) is 53.1 Å². The van der Waals surface area contributed by atoms with Crippen LogP contribution in [0.4, 0.5) is 0 Å². The van der Waals surface area contributed by atoms with Gasteiger partial charge >= 0.3 is 0 Å². The van der Waals surface area contributed by atoms with Gasteiger partial charge in [0.15, 0.2) is 0 Å². The number of aromatic nitrogens is 1. The summed E-state index contributed by atoms with van der Waals surface area (Å²) in [5.74, 6) is -0.135. The van der Waals surface area contributed by atoms with Crippen molar-refractivity contribution in [3.63, 3.8) is 0 Å². The van der Waals surface area contributed by atoms with E-state index in [4.69, 9.17) is 4.74 Å². The van der Waals surface area contributed by atoms with E-state index in [-0.39, 0.29) is 5.91 Å². The molecule has 0 aromatic carbocycles. The molecule has 22 heavy (non-hydrogen) atoms. The molecule has 6 nitrogen and oxygen atoms in total. The lowest BCUT2D eigenvalue weighted by Crippen LogP contribution is -2.56. The summed E-state index contributed by atoms with van der Waals surface area (Å²) in [6.07, 6.45) is 1.72. The number of amides is 1. The highest BCUT2D eigenvalue weighted by molar-refractivity contribution is 8.01. The Balaban J connectivity index is 2.15. The van der Waals surface area contributed by atoms with Gasteiger partial charge in [-0.25, -0.2) is 4.98 Å². The van der Waals surface area contributed by atoms with Crippen molar-refractivity contribution in [3.05, 3.63) is 24.4 Å². The van der Waals surface area contributed by atoms with Crippen LogP contribution in [0, 0.1) is 0 Å². The van der Waals surface area contributed by atoms with Gasteiger partial charge in [-0.2, -0.15) is 0 Å². The Kier molecular flexibility index (Phi) is 6.19. The first-order valence-corrected chi connectivity index (χ1v) is 8.19. The topological polar surface area (TPSA) is 57.7 Å². The molecule has 0 spiro atoms. The molecule has 7 heteroatoms. The Hall–Kier alpha value is -1.15. The minimum absolute atomic E-state index is 0.135. The summed E-state index contributed by atoms with van der Waals surface area (Å²) in [6.45, 7) is 4.41. The smallest absolute Gasteiger partial charge is 0.264 e. The normalized spacial score (nSPS) is 19.6. The molecule has 1 aliphatic heterocycles. The molecule has 0 aliphatic carbocycles. The van der Waals surface area contributed by atoms with E-state index in [0.29, 0.717) is 6.54 Å². The monoisotopic (exact) mass is 324 g/mol. The first kappa shape index (κ1) is 17.2. The fourth-order valence-electron chi connectivity index (χ4n) is 2.42. The fraction of sp³-hybridized carbons (Fsp3) is 0.600. The van der Waals surface area contributed by atoms with Crippen LogP contribution in [0.5, 0.6) is 0 Å². The van der Waals surface area contributed by atoms with Gasteiger partial charge in [-0.05, 0) is 19.2 Å². The molecule has 1 aliphatic rings. The number of ether oxygens (including phenoxy) is 1. The third-order valence-corrected chi connectivity index (χ3v) is 5.10. The number of carbonyl (C=O) groups is 1. The van der Waals surface area contributed by atoms with Gasteiger partial charge in [0.05, 0.1) is 5.03 Å². The number of piperazine rings is 1. The zero-order valence-electron chi connectivity index (χ0n) is 13.4. The van der Waals surface area contributed by atoms with E-state index in [0.717, 1.165) is 31.2 Å². The highest BCUT2D eigenvalue weighted by Gasteiger charge is 2.42. The standard InChI is InChI=1S/C15H24N4O2S/c1-16-14(20)15(21-3,22-13-6-4-5-7-17-13)12-19-10-8-18(2)9-11-19/h4-7H,8-12H2,1-3H3,(H,16,20). The molecule has 1 aromatic rings. The average molecular weight is 324 g/mol. The highest BCUT2D eigenvalue weighted by atomic mass is 32.2. The molecule has 0 bridgehead atoms. The lowest BCUT2D eigenvalue weighted by molar-refractivity contribution is -0.135. The maximum Gasteiger partial charge on any atom is 0.264 e. The average Bonchev–Trinajstić information content (AvgIpc) is 2.56. The number of methoxy groups -OCH3 is 1. The number of nitrogens with zero attached hydrogens (tertiary/aromatic N) is 3. The number of hydrogen-bond acceptors (Lipinski definition) is 6. The predicted octanol–water partition coefficient (Wildman–Crippen LogP) is 0.510. The van der Waals surface area contributed by atoms with Crippen LogP contribution < -0.4 is 5.32 Å². The van der Waals surface area contributed by atoms with E-state index in [2.05, 4.69) is 27.1 Å². The first-order valence-electron chi connectivity index (χ1n) is 7.38. The van der Waals surface area contributed by atoms with Crippen LogP contribution in [0.2, 0.25) is 0 Å². The number of carbonyl (C=O) groups excluding carboxylic acids is 1. The van der Waals surface area contributed by atoms with Crippen LogP contribution in [-0.4, -0.2) is 79.6 Å². The Morgan fingerprint density at radius 3 is 2.68 bits per heavy atom. The van der Waals surface area contributed by atoms with Crippen molar-refractivity contribution in [2.75, 3.05) is 53.9 Å². The number of rotatable bonds is 6. The Labute approximate surface area is 136 Å². The van der Waals surface area contributed by atoms with E-state index < -0.39 is 4.93 Å². The third kappa shape index (κ3) is 4.19. The Morgan fingerprint density at radius 1 is 1.41 bits per heavy atom. The molecule has 1 N–H and O–H groups in total. The lowest BCUT2D eigenvalue weighted by atomic mass is 10.2. The molecule has 122 valence electrons. The molecule has 1 amide bonds. The molecule has 0 radical (unpaired) electrons. The van der Waals surface area contributed by atoms with E-state index in [9.17, 15) is 4.79 Å². The number of nitrogens with one attached hydrogen (secondary N) is 1. The van der Waals surface area contributed by atoms with Gasteiger partial charge in [0.1, 0.15) is 0 Å². The largest absolute Gasteiger partial charge is 0.357 e. The van der Waals surface area contributed by atoms with Crippen molar-refractivity contribution in [2.45, 2.75) is 9.96 Å². The molecule has 1 aromatic heterocycles. The van der Waals surface area contributed by atoms with Crippen molar-refractivity contribution >= 4 is 17.7 Å². The molecule has 1 saturated heterocycles. The van der Waals surface area contributed by atoms with Crippen molar-refractivity contribution < 1.29 is 9.53 Å². The molecule has 0 saturated carbocycles. The van der Waals surface area contributed by atoms with Crippen molar-refractivity contribution in [2.24, 2.45) is 0 Å². The van der Waals surface area contributed by atoms with Crippen molar-refractivity contribution in [1.82, 2.24) is 20.1 Å². The van der Waals surface area contributed by atoms with Gasteiger partial charge in [0.25, 0.3) is 5.91 Å². The summed E-state index contributed by atoms with van der Waals surface area (Å²) in [5, 5.41) is 3.51. The SMILES string of the molecule is CNC(=O)C(CN1CCN(C)CC1)(OC)Sc1ccccn1. The van der Waals surface area contributed by atoms with Crippen molar-refractivity contribution in [3.8, 4) is 0 Å². The summed E-state index contributed by atoms with van der Waals surface area (Å²) in [6, 6.07) is 5.67. The summed E-state index contributed by atoms with van der Waals surface area (Å²) in [5.41, 5.74) is 0. The number of likely N-dealkylation sites (N-methyl/N-ethyl adjacent to an activating group) is 2. The molecule has 2 rings (SSSR count). The van der Waals surface area contributed by atoms with E-state index in [1.54, 1.807) is 20.4 Å². The van der Waals surface area contributed by atoms with E-state index in [1.807, 2.05) is 18.2 Å². The fourth-order valence-corrected chi connectivity index (χ4v) is 3.54. The minimum Gasteiger partial charge on any atom is -0.357 e. The molecule has 2 heterocycles. The summed E-state index contributed by atoms with van der Waals surface area (Å²) in [4.78, 5) is 20.4. The number of hydrogen-bond donors (Lipinski definition) is 1. The van der Waals surface area contributed by atoms with Gasteiger partial charge < -0.3 is 15.0 Å². The van der Waals surface area contributed by atoms with E-state index in [1.165, 1.54) is 11.8 Å². The summed E-state index contributed by atoms with van der Waals surface area (Å²) < 4.78 is 5.68. The second kappa shape index (κ2) is 7.92. The lowest BCUT2D eigenvalue weighted by Gasteiger charge is -2.38. The zero-order valence-corrected chi connectivity index (χ0v) is 14.2. The van der Waals surface area contributed by atoms with Crippen LogP contribution >= 0.6 is 11.8 Å². The molecular formula is C15H24N4O2S. The number of thioether (sulfide) groups is 1. The summed E-state index contributed by atoms with van der Waals surface area (Å²) >= 11 is 1.36. The Bertz CT molecular complexity index is 480. The van der Waals surface area contributed by atoms with Gasteiger partial charge in [0.2, 0.25) is 4.93 Å². The van der Waals surface area contributed by atoms with Crippen LogP contribution in [0.3, 0.4) is 0 Å². The highest BCUT2D eigenvalue weighted by Crippen LogP contribution is 2.33. The second-order valence-corrected chi connectivity index (χ2v) is 6.67. The van der Waals surface area contributed by atoms with E-state index >= 15 is 0 Å². The van der Waals surface area contributed by atoms with Crippen LogP contribution in [0.25, 0.3) is 0 Å². The zero-order chi connectivity index (χ0) is 16.0. The Morgan fingerprint density at radius 2 is 2.14 bits per heavy atom.